The van der Waals surface area contributed by atoms with Crippen molar-refractivity contribution in [3.05, 3.63) is 0 Å². The van der Waals surface area contributed by atoms with Gasteiger partial charge in [-0.3, -0.25) is 15.0 Å². The minimum Gasteiger partial charge on any atom is -0.321 e. The van der Waals surface area contributed by atoms with E-state index in [1.54, 1.807) is 0 Å². The number of nitrogens with zero attached hydrogens (tertiary/aromatic N) is 2. The average molecular weight is 235 g/mol. The zero-order valence-electron chi connectivity index (χ0n) is 10.5. The molecule has 1 N–H and O–H groups in total. The Balaban J connectivity index is 1.60. The molecular formula is C13H21N3O. The summed E-state index contributed by atoms with van der Waals surface area (Å²) in [5.41, 5.74) is -0.133. The molecule has 3 unspecified atom stereocenters. The van der Waals surface area contributed by atoms with Gasteiger partial charge in [-0.2, -0.15) is 0 Å². The van der Waals surface area contributed by atoms with E-state index in [1.165, 1.54) is 32.4 Å². The molecule has 0 aromatic carbocycles. The van der Waals surface area contributed by atoms with Gasteiger partial charge in [0.05, 0.1) is 17.7 Å². The molecule has 0 aromatic rings. The van der Waals surface area contributed by atoms with Crippen LogP contribution in [0.5, 0.6) is 0 Å². The largest absolute Gasteiger partial charge is 0.321 e. The van der Waals surface area contributed by atoms with E-state index < -0.39 is 0 Å². The number of hydrogen-bond donors (Lipinski definition) is 1. The number of amides is 1. The van der Waals surface area contributed by atoms with Crippen LogP contribution >= 0.6 is 0 Å². The van der Waals surface area contributed by atoms with E-state index in [9.17, 15) is 4.79 Å². The highest BCUT2D eigenvalue weighted by molar-refractivity contribution is 5.92. The van der Waals surface area contributed by atoms with Gasteiger partial charge in [-0.1, -0.05) is 0 Å². The SMILES string of the molecule is CC1NC2(CC2)C(=O)N1C1CCN2CCCC12. The maximum Gasteiger partial charge on any atom is 0.244 e. The van der Waals surface area contributed by atoms with Crippen molar-refractivity contribution in [2.75, 3.05) is 13.1 Å². The number of carbonyl (C=O) groups excluding carboxylic acids is 1. The lowest BCUT2D eigenvalue weighted by molar-refractivity contribution is -0.133. The molecule has 4 heteroatoms. The zero-order chi connectivity index (χ0) is 11.6. The van der Waals surface area contributed by atoms with E-state index in [2.05, 4.69) is 22.0 Å². The Morgan fingerprint density at radius 2 is 2.06 bits per heavy atom. The first-order valence-corrected chi connectivity index (χ1v) is 7.06. The van der Waals surface area contributed by atoms with Gasteiger partial charge in [-0.25, -0.2) is 0 Å². The zero-order valence-corrected chi connectivity index (χ0v) is 10.5. The fraction of sp³-hybridized carbons (Fsp3) is 0.923. The molecule has 3 saturated heterocycles. The van der Waals surface area contributed by atoms with E-state index in [0.717, 1.165) is 12.8 Å². The molecule has 3 heterocycles. The first kappa shape index (κ1) is 10.3. The summed E-state index contributed by atoms with van der Waals surface area (Å²) >= 11 is 0. The van der Waals surface area contributed by atoms with Crippen LogP contribution in [0, 0.1) is 0 Å². The Hall–Kier alpha value is -0.610. The molecule has 1 aliphatic carbocycles. The second kappa shape index (κ2) is 3.23. The molecule has 94 valence electrons. The quantitative estimate of drug-likeness (QED) is 0.720. The van der Waals surface area contributed by atoms with Crippen LogP contribution in [0.1, 0.15) is 39.0 Å². The van der Waals surface area contributed by atoms with Gasteiger partial charge in [0.2, 0.25) is 5.91 Å². The first-order chi connectivity index (χ1) is 8.21. The minimum atomic E-state index is -0.133. The topological polar surface area (TPSA) is 35.6 Å². The van der Waals surface area contributed by atoms with Crippen LogP contribution in [0.4, 0.5) is 0 Å². The second-order valence-electron chi connectivity index (χ2n) is 6.22. The van der Waals surface area contributed by atoms with Gasteiger partial charge in [0.1, 0.15) is 0 Å². The van der Waals surface area contributed by atoms with Crippen LogP contribution in [0.15, 0.2) is 0 Å². The Labute approximate surface area is 102 Å². The van der Waals surface area contributed by atoms with Crippen molar-refractivity contribution in [2.24, 2.45) is 0 Å². The molecule has 4 rings (SSSR count). The highest BCUT2D eigenvalue weighted by Gasteiger charge is 2.60. The predicted molar refractivity (Wildman–Crippen MR) is 64.4 cm³/mol. The Morgan fingerprint density at radius 1 is 1.24 bits per heavy atom. The molecule has 0 radical (unpaired) electrons. The van der Waals surface area contributed by atoms with Gasteiger partial charge in [0.25, 0.3) is 0 Å². The molecule has 0 aromatic heterocycles. The summed E-state index contributed by atoms with van der Waals surface area (Å²) in [7, 11) is 0. The van der Waals surface area contributed by atoms with Crippen molar-refractivity contribution in [2.45, 2.75) is 62.8 Å². The highest BCUT2D eigenvalue weighted by atomic mass is 16.2. The minimum absolute atomic E-state index is 0.133. The third-order valence-corrected chi connectivity index (χ3v) is 5.22. The van der Waals surface area contributed by atoms with Crippen LogP contribution in [0.25, 0.3) is 0 Å². The van der Waals surface area contributed by atoms with Crippen molar-refractivity contribution in [3.63, 3.8) is 0 Å². The van der Waals surface area contributed by atoms with Crippen LogP contribution in [0.2, 0.25) is 0 Å². The van der Waals surface area contributed by atoms with Gasteiger partial charge in [0, 0.05) is 12.6 Å². The Bertz CT molecular complexity index is 366. The lowest BCUT2D eigenvalue weighted by Gasteiger charge is -2.32. The molecule has 3 aliphatic heterocycles. The van der Waals surface area contributed by atoms with Crippen LogP contribution in [0.3, 0.4) is 0 Å². The summed E-state index contributed by atoms with van der Waals surface area (Å²) in [6.45, 7) is 4.59. The van der Waals surface area contributed by atoms with Gasteiger partial charge >= 0.3 is 0 Å². The number of nitrogens with one attached hydrogen (secondary N) is 1. The van der Waals surface area contributed by atoms with Crippen LogP contribution in [-0.4, -0.2) is 52.6 Å². The molecule has 0 bridgehead atoms. The summed E-state index contributed by atoms with van der Waals surface area (Å²) in [5.74, 6) is 0.392. The standard InChI is InChI=1S/C13H21N3O/c1-9-14-13(5-6-13)12(17)16(9)11-4-8-15-7-2-3-10(11)15/h9-11,14H,2-8H2,1H3. The van der Waals surface area contributed by atoms with Crippen molar-refractivity contribution in [1.82, 2.24) is 15.1 Å². The first-order valence-electron chi connectivity index (χ1n) is 7.06. The van der Waals surface area contributed by atoms with Crippen LogP contribution < -0.4 is 5.32 Å². The van der Waals surface area contributed by atoms with Gasteiger partial charge in [0.15, 0.2) is 0 Å². The molecule has 17 heavy (non-hydrogen) atoms. The van der Waals surface area contributed by atoms with Gasteiger partial charge in [-0.15, -0.1) is 0 Å². The molecule has 4 aliphatic rings. The Morgan fingerprint density at radius 3 is 2.76 bits per heavy atom. The number of fused-ring (bicyclic) bond motifs is 1. The average Bonchev–Trinajstić information content (AvgIpc) is 2.68. The third-order valence-electron chi connectivity index (χ3n) is 5.22. The molecule has 4 nitrogen and oxygen atoms in total. The van der Waals surface area contributed by atoms with Gasteiger partial charge in [-0.05, 0) is 45.6 Å². The third kappa shape index (κ3) is 1.28. The fourth-order valence-corrected chi connectivity index (χ4v) is 4.26. The second-order valence-corrected chi connectivity index (χ2v) is 6.22. The summed E-state index contributed by atoms with van der Waals surface area (Å²) in [6.07, 6.45) is 6.13. The van der Waals surface area contributed by atoms with Crippen LogP contribution in [-0.2, 0) is 4.79 Å². The summed E-state index contributed by atoms with van der Waals surface area (Å²) in [6, 6.07) is 1.13. The number of hydrogen-bond acceptors (Lipinski definition) is 3. The van der Waals surface area contributed by atoms with E-state index >= 15 is 0 Å². The smallest absolute Gasteiger partial charge is 0.244 e. The van der Waals surface area contributed by atoms with E-state index in [1.807, 2.05) is 0 Å². The van der Waals surface area contributed by atoms with Crippen molar-refractivity contribution >= 4 is 5.91 Å². The summed E-state index contributed by atoms with van der Waals surface area (Å²) in [5, 5.41) is 3.52. The maximum atomic E-state index is 12.5. The number of rotatable bonds is 1. The van der Waals surface area contributed by atoms with E-state index in [0.29, 0.717) is 18.0 Å². The lowest BCUT2D eigenvalue weighted by atomic mass is 10.0. The summed E-state index contributed by atoms with van der Waals surface area (Å²) < 4.78 is 0. The van der Waals surface area contributed by atoms with E-state index in [-0.39, 0.29) is 11.7 Å². The fourth-order valence-electron chi connectivity index (χ4n) is 4.26. The predicted octanol–water partition coefficient (Wildman–Crippen LogP) is 0.534. The molecular weight excluding hydrogens is 214 g/mol. The van der Waals surface area contributed by atoms with Gasteiger partial charge < -0.3 is 4.90 Å². The molecule has 4 fully saturated rings. The molecule has 3 atom stereocenters. The van der Waals surface area contributed by atoms with E-state index in [4.69, 9.17) is 0 Å². The van der Waals surface area contributed by atoms with Crippen molar-refractivity contribution in [3.8, 4) is 0 Å². The number of carbonyl (C=O) groups is 1. The summed E-state index contributed by atoms with van der Waals surface area (Å²) in [4.78, 5) is 17.3. The monoisotopic (exact) mass is 235 g/mol. The highest BCUT2D eigenvalue weighted by Crippen LogP contribution is 2.44. The molecule has 1 saturated carbocycles. The van der Waals surface area contributed by atoms with Crippen molar-refractivity contribution in [1.29, 1.82) is 0 Å². The van der Waals surface area contributed by atoms with Crippen molar-refractivity contribution < 1.29 is 4.79 Å². The Kier molecular flexibility index (Phi) is 1.96. The lowest BCUT2D eigenvalue weighted by Crippen LogP contribution is -2.48. The molecule has 1 amide bonds. The maximum absolute atomic E-state index is 12.5. The normalized spacial score (nSPS) is 43.7. The molecule has 1 spiro atoms.